The van der Waals surface area contributed by atoms with E-state index in [0.717, 1.165) is 17.8 Å². The van der Waals surface area contributed by atoms with E-state index in [1.165, 1.54) is 5.56 Å². The molecule has 0 aliphatic carbocycles. The highest BCUT2D eigenvalue weighted by atomic mass is 16.3. The maximum Gasteiger partial charge on any atom is 0.132 e. The van der Waals surface area contributed by atoms with Crippen molar-refractivity contribution >= 4 is 0 Å². The monoisotopic (exact) mass is 200 g/mol. The molecule has 0 atom stereocenters. The molecule has 0 saturated heterocycles. The lowest BCUT2D eigenvalue weighted by Crippen LogP contribution is -1.97. The van der Waals surface area contributed by atoms with Crippen molar-refractivity contribution in [1.29, 1.82) is 0 Å². The van der Waals surface area contributed by atoms with Crippen molar-refractivity contribution in [1.82, 2.24) is 9.97 Å². The number of benzene rings is 1. The molecular weight excluding hydrogens is 188 g/mol. The van der Waals surface area contributed by atoms with Crippen LogP contribution in [0.1, 0.15) is 17.0 Å². The van der Waals surface area contributed by atoms with Crippen LogP contribution in [0, 0.1) is 0 Å². The van der Waals surface area contributed by atoms with Crippen molar-refractivity contribution in [3.8, 4) is 0 Å². The van der Waals surface area contributed by atoms with Gasteiger partial charge in [-0.1, -0.05) is 30.3 Å². The molecular formula is C12H12N2O. The minimum Gasteiger partial charge on any atom is -0.392 e. The summed E-state index contributed by atoms with van der Waals surface area (Å²) in [4.78, 5) is 8.35. The maximum atomic E-state index is 8.84. The fraction of sp³-hybridized carbons (Fsp3) is 0.167. The summed E-state index contributed by atoms with van der Waals surface area (Å²) in [6, 6.07) is 10.1. The number of hydrogen-bond acceptors (Lipinski definition) is 3. The number of nitrogens with zero attached hydrogens (tertiary/aromatic N) is 2. The van der Waals surface area contributed by atoms with E-state index in [9.17, 15) is 0 Å². The molecule has 1 aromatic heterocycles. The van der Waals surface area contributed by atoms with Crippen molar-refractivity contribution in [2.45, 2.75) is 13.0 Å². The molecule has 3 nitrogen and oxygen atoms in total. The molecule has 0 fully saturated rings. The Kier molecular flexibility index (Phi) is 3.05. The Labute approximate surface area is 88.5 Å². The Bertz CT molecular complexity index is 411. The van der Waals surface area contributed by atoms with E-state index < -0.39 is 0 Å². The first kappa shape index (κ1) is 9.80. The normalized spacial score (nSPS) is 10.2. The maximum absolute atomic E-state index is 8.84. The molecule has 2 aromatic rings. The number of rotatable bonds is 3. The second-order valence-electron chi connectivity index (χ2n) is 3.33. The van der Waals surface area contributed by atoms with Gasteiger partial charge >= 0.3 is 0 Å². The van der Waals surface area contributed by atoms with Gasteiger partial charge in [-0.15, -0.1) is 0 Å². The van der Waals surface area contributed by atoms with Crippen molar-refractivity contribution < 1.29 is 5.11 Å². The van der Waals surface area contributed by atoms with E-state index in [0.29, 0.717) is 0 Å². The molecule has 1 heterocycles. The molecule has 0 aliphatic heterocycles. The van der Waals surface area contributed by atoms with Crippen LogP contribution in [-0.2, 0) is 13.0 Å². The summed E-state index contributed by atoms with van der Waals surface area (Å²) in [6.07, 6.45) is 4.04. The SMILES string of the molecule is OCc1cnc(Cc2ccccc2)nc1. The van der Waals surface area contributed by atoms with E-state index in [-0.39, 0.29) is 6.61 Å². The third-order valence-electron chi connectivity index (χ3n) is 2.15. The Morgan fingerprint density at radius 1 is 0.933 bits per heavy atom. The fourth-order valence-corrected chi connectivity index (χ4v) is 1.33. The molecule has 0 unspecified atom stereocenters. The second-order valence-corrected chi connectivity index (χ2v) is 3.33. The molecule has 1 aromatic carbocycles. The molecule has 0 radical (unpaired) electrons. The number of aromatic nitrogens is 2. The van der Waals surface area contributed by atoms with E-state index in [4.69, 9.17) is 5.11 Å². The molecule has 0 amide bonds. The second kappa shape index (κ2) is 4.66. The first-order valence-electron chi connectivity index (χ1n) is 4.83. The lowest BCUT2D eigenvalue weighted by molar-refractivity contribution is 0.280. The largest absolute Gasteiger partial charge is 0.392 e. The summed E-state index contributed by atoms with van der Waals surface area (Å²) in [5.74, 6) is 0.776. The van der Waals surface area contributed by atoms with Gasteiger partial charge < -0.3 is 5.11 Å². The average molecular weight is 200 g/mol. The van der Waals surface area contributed by atoms with Gasteiger partial charge in [-0.25, -0.2) is 9.97 Å². The Morgan fingerprint density at radius 2 is 1.60 bits per heavy atom. The van der Waals surface area contributed by atoms with Gasteiger partial charge in [0.25, 0.3) is 0 Å². The third-order valence-corrected chi connectivity index (χ3v) is 2.15. The number of aliphatic hydroxyl groups is 1. The standard InChI is InChI=1S/C12H12N2O/c15-9-11-7-13-12(14-8-11)6-10-4-2-1-3-5-10/h1-5,7-8,15H,6,9H2. The van der Waals surface area contributed by atoms with Gasteiger partial charge in [-0.2, -0.15) is 0 Å². The van der Waals surface area contributed by atoms with Crippen LogP contribution in [0.5, 0.6) is 0 Å². The topological polar surface area (TPSA) is 46.0 Å². The zero-order valence-corrected chi connectivity index (χ0v) is 8.30. The highest BCUT2D eigenvalue weighted by Gasteiger charge is 1.98. The van der Waals surface area contributed by atoms with Crippen LogP contribution in [-0.4, -0.2) is 15.1 Å². The van der Waals surface area contributed by atoms with Gasteiger partial charge in [-0.3, -0.25) is 0 Å². The molecule has 76 valence electrons. The minimum atomic E-state index is -0.00832. The van der Waals surface area contributed by atoms with Crippen LogP contribution in [0.15, 0.2) is 42.7 Å². The summed E-state index contributed by atoms with van der Waals surface area (Å²) < 4.78 is 0. The van der Waals surface area contributed by atoms with E-state index >= 15 is 0 Å². The molecule has 15 heavy (non-hydrogen) atoms. The third kappa shape index (κ3) is 2.60. The van der Waals surface area contributed by atoms with E-state index in [1.807, 2.05) is 30.3 Å². The molecule has 2 rings (SSSR count). The Hall–Kier alpha value is -1.74. The number of hydrogen-bond donors (Lipinski definition) is 1. The predicted molar refractivity (Wildman–Crippen MR) is 57.2 cm³/mol. The van der Waals surface area contributed by atoms with Crippen LogP contribution in [0.25, 0.3) is 0 Å². The van der Waals surface area contributed by atoms with Crippen molar-refractivity contribution in [2.24, 2.45) is 0 Å². The van der Waals surface area contributed by atoms with Crippen LogP contribution in [0.4, 0.5) is 0 Å². The quantitative estimate of drug-likeness (QED) is 0.817. The molecule has 3 heteroatoms. The first-order valence-corrected chi connectivity index (χ1v) is 4.83. The summed E-state index contributed by atoms with van der Waals surface area (Å²) in [5.41, 5.74) is 1.93. The van der Waals surface area contributed by atoms with Crippen LogP contribution in [0.3, 0.4) is 0 Å². The summed E-state index contributed by atoms with van der Waals surface area (Å²) in [6.45, 7) is -0.00832. The highest BCUT2D eigenvalue weighted by Crippen LogP contribution is 2.05. The Balaban J connectivity index is 2.11. The van der Waals surface area contributed by atoms with Crippen molar-refractivity contribution in [3.05, 3.63) is 59.7 Å². The molecule has 0 bridgehead atoms. The predicted octanol–water partition coefficient (Wildman–Crippen LogP) is 1.56. The minimum absolute atomic E-state index is 0.00832. The van der Waals surface area contributed by atoms with Gasteiger partial charge in [0.1, 0.15) is 5.82 Å². The van der Waals surface area contributed by atoms with E-state index in [1.54, 1.807) is 12.4 Å². The molecule has 1 N–H and O–H groups in total. The first-order chi connectivity index (χ1) is 7.38. The number of aliphatic hydroxyl groups excluding tert-OH is 1. The molecule has 0 aliphatic rings. The van der Waals surface area contributed by atoms with Crippen LogP contribution < -0.4 is 0 Å². The van der Waals surface area contributed by atoms with Gasteiger partial charge in [0.05, 0.1) is 6.61 Å². The van der Waals surface area contributed by atoms with Crippen molar-refractivity contribution in [2.75, 3.05) is 0 Å². The summed E-state index contributed by atoms with van der Waals surface area (Å²) in [7, 11) is 0. The van der Waals surface area contributed by atoms with Crippen LogP contribution >= 0.6 is 0 Å². The lowest BCUT2D eigenvalue weighted by atomic mass is 10.1. The van der Waals surface area contributed by atoms with Gasteiger partial charge in [0.2, 0.25) is 0 Å². The smallest absolute Gasteiger partial charge is 0.132 e. The summed E-state index contributed by atoms with van der Waals surface area (Å²) >= 11 is 0. The van der Waals surface area contributed by atoms with Crippen LogP contribution in [0.2, 0.25) is 0 Å². The zero-order chi connectivity index (χ0) is 10.5. The average Bonchev–Trinajstić information content (AvgIpc) is 2.31. The van der Waals surface area contributed by atoms with E-state index in [2.05, 4.69) is 9.97 Å². The van der Waals surface area contributed by atoms with Gasteiger partial charge in [0, 0.05) is 24.4 Å². The molecule has 0 spiro atoms. The van der Waals surface area contributed by atoms with Gasteiger partial charge in [-0.05, 0) is 5.56 Å². The van der Waals surface area contributed by atoms with Crippen molar-refractivity contribution in [3.63, 3.8) is 0 Å². The zero-order valence-electron chi connectivity index (χ0n) is 8.30. The highest BCUT2D eigenvalue weighted by molar-refractivity contribution is 5.19. The fourth-order valence-electron chi connectivity index (χ4n) is 1.33. The van der Waals surface area contributed by atoms with Gasteiger partial charge in [0.15, 0.2) is 0 Å². The molecule has 0 saturated carbocycles. The Morgan fingerprint density at radius 3 is 2.20 bits per heavy atom. The summed E-state index contributed by atoms with van der Waals surface area (Å²) in [5, 5.41) is 8.84. The lowest BCUT2D eigenvalue weighted by Gasteiger charge is -2.00.